The lowest BCUT2D eigenvalue weighted by Gasteiger charge is -2.27. The van der Waals surface area contributed by atoms with E-state index in [9.17, 15) is 9.18 Å². The molecule has 1 atom stereocenters. The van der Waals surface area contributed by atoms with Gasteiger partial charge in [0.05, 0.1) is 22.4 Å². The molecule has 6 aromatic rings. The minimum Gasteiger partial charge on any atom is -0.454 e. The molecule has 3 aromatic heterocycles. The van der Waals surface area contributed by atoms with E-state index >= 15 is 0 Å². The van der Waals surface area contributed by atoms with Gasteiger partial charge >= 0.3 is 5.63 Å². The highest BCUT2D eigenvalue weighted by Gasteiger charge is 2.37. The second kappa shape index (κ2) is 7.62. The summed E-state index contributed by atoms with van der Waals surface area (Å²) in [4.78, 5) is 22.7. The Kier molecular flexibility index (Phi) is 4.19. The van der Waals surface area contributed by atoms with E-state index in [4.69, 9.17) is 23.6 Å². The summed E-state index contributed by atoms with van der Waals surface area (Å²) in [6, 6.07) is 18.5. The van der Waals surface area contributed by atoms with Crippen LogP contribution in [-0.4, -0.2) is 26.4 Å². The average molecular weight is 506 g/mol. The lowest BCUT2D eigenvalue weighted by Crippen LogP contribution is -2.22. The third-order valence-electron chi connectivity index (χ3n) is 6.80. The number of fused-ring (bicyclic) bond motifs is 7. The number of halogens is 1. The Morgan fingerprint density at radius 2 is 1.79 bits per heavy atom. The number of hydrogen-bond donors (Lipinski definition) is 0. The molecular weight excluding hydrogens is 491 g/mol. The minimum atomic E-state index is -0.694. The van der Waals surface area contributed by atoms with Gasteiger partial charge in [-0.2, -0.15) is 0 Å². The predicted octanol–water partition coefficient (Wildman–Crippen LogP) is 5.05. The molecule has 0 N–H and O–H groups in total. The standard InChI is InChI=1S/C28H15FN4O5/c29-16-8-5-14(6-9-16)21-22-24(17-3-1-2-4-18(17)37-28(22)34)38-27-23(21)26-31-25(32-33(26)12-30-27)15-7-10-19-20(11-15)36-13-35-19/h1-12,21H,13H2. The second-order valence-corrected chi connectivity index (χ2v) is 8.95. The van der Waals surface area contributed by atoms with E-state index in [1.807, 2.05) is 18.2 Å². The molecule has 8 rings (SSSR count). The molecule has 0 bridgehead atoms. The summed E-state index contributed by atoms with van der Waals surface area (Å²) in [5.74, 6) is 1.22. The number of ether oxygens (including phenoxy) is 3. The van der Waals surface area contributed by atoms with Gasteiger partial charge in [-0.1, -0.05) is 24.3 Å². The van der Waals surface area contributed by atoms with E-state index < -0.39 is 17.4 Å². The van der Waals surface area contributed by atoms with Crippen molar-refractivity contribution < 1.29 is 23.0 Å². The van der Waals surface area contributed by atoms with Gasteiger partial charge in [-0.15, -0.1) is 5.10 Å². The van der Waals surface area contributed by atoms with E-state index in [1.165, 1.54) is 23.0 Å². The Hall–Kier alpha value is -5.25. The summed E-state index contributed by atoms with van der Waals surface area (Å²) in [7, 11) is 0. The first-order valence-electron chi connectivity index (χ1n) is 11.8. The third kappa shape index (κ3) is 2.97. The van der Waals surface area contributed by atoms with Gasteiger partial charge in [0.1, 0.15) is 17.7 Å². The lowest BCUT2D eigenvalue weighted by atomic mass is 9.84. The molecule has 0 aliphatic carbocycles. The molecule has 1 unspecified atom stereocenters. The normalized spacial score (nSPS) is 15.3. The molecule has 0 radical (unpaired) electrons. The van der Waals surface area contributed by atoms with E-state index in [0.29, 0.717) is 56.4 Å². The van der Waals surface area contributed by atoms with Crippen LogP contribution in [0.25, 0.3) is 28.0 Å². The summed E-state index contributed by atoms with van der Waals surface area (Å²) in [5.41, 5.74) is 2.45. The topological polar surface area (TPSA) is 101 Å². The minimum absolute atomic E-state index is 0.155. The van der Waals surface area contributed by atoms with E-state index in [2.05, 4.69) is 10.1 Å². The van der Waals surface area contributed by atoms with Crippen molar-refractivity contribution in [1.29, 1.82) is 0 Å². The van der Waals surface area contributed by atoms with Crippen molar-refractivity contribution in [1.82, 2.24) is 19.6 Å². The molecule has 0 saturated carbocycles. The van der Waals surface area contributed by atoms with Gasteiger partial charge in [-0.25, -0.2) is 23.7 Å². The number of aromatic nitrogens is 4. The van der Waals surface area contributed by atoms with E-state index in [0.717, 1.165) is 0 Å². The molecule has 2 aliphatic rings. The van der Waals surface area contributed by atoms with Gasteiger partial charge in [-0.05, 0) is 48.0 Å². The Morgan fingerprint density at radius 3 is 2.68 bits per heavy atom. The van der Waals surface area contributed by atoms with Crippen LogP contribution in [-0.2, 0) is 0 Å². The molecule has 0 amide bonds. The van der Waals surface area contributed by atoms with Crippen LogP contribution in [0.1, 0.15) is 22.6 Å². The number of benzene rings is 3. The van der Waals surface area contributed by atoms with Crippen molar-refractivity contribution in [3.63, 3.8) is 0 Å². The molecule has 10 heteroatoms. The molecule has 3 aromatic carbocycles. The van der Waals surface area contributed by atoms with Crippen LogP contribution in [0.2, 0.25) is 0 Å². The van der Waals surface area contributed by atoms with Crippen LogP contribution in [0, 0.1) is 5.82 Å². The Balaban J connectivity index is 1.40. The fourth-order valence-electron chi connectivity index (χ4n) is 5.08. The number of hydrogen-bond acceptors (Lipinski definition) is 8. The van der Waals surface area contributed by atoms with Crippen molar-refractivity contribution >= 4 is 16.6 Å². The van der Waals surface area contributed by atoms with Crippen LogP contribution in [0.15, 0.2) is 82.3 Å². The molecule has 38 heavy (non-hydrogen) atoms. The second-order valence-electron chi connectivity index (χ2n) is 8.95. The molecular formula is C28H15FN4O5. The highest BCUT2D eigenvalue weighted by Crippen LogP contribution is 2.49. The maximum absolute atomic E-state index is 13.9. The summed E-state index contributed by atoms with van der Waals surface area (Å²) in [6.45, 7) is 0.155. The van der Waals surface area contributed by atoms with E-state index in [-0.39, 0.29) is 18.2 Å². The van der Waals surface area contributed by atoms with Crippen molar-refractivity contribution in [3.05, 3.63) is 106 Å². The number of nitrogens with zero attached hydrogens (tertiary/aromatic N) is 4. The van der Waals surface area contributed by atoms with E-state index in [1.54, 1.807) is 36.4 Å². The number of rotatable bonds is 2. The molecule has 0 spiro atoms. The Bertz CT molecular complexity index is 1980. The molecule has 2 aliphatic heterocycles. The predicted molar refractivity (Wildman–Crippen MR) is 132 cm³/mol. The molecule has 0 saturated heterocycles. The average Bonchev–Trinajstić information content (AvgIpc) is 3.59. The van der Waals surface area contributed by atoms with Gasteiger partial charge in [0.25, 0.3) is 0 Å². The zero-order chi connectivity index (χ0) is 25.4. The van der Waals surface area contributed by atoms with Gasteiger partial charge in [0, 0.05) is 5.56 Å². The fourth-order valence-corrected chi connectivity index (χ4v) is 5.08. The molecule has 5 heterocycles. The van der Waals surface area contributed by atoms with Crippen LogP contribution >= 0.6 is 0 Å². The maximum Gasteiger partial charge on any atom is 0.344 e. The highest BCUT2D eigenvalue weighted by atomic mass is 19.1. The smallest absolute Gasteiger partial charge is 0.344 e. The van der Waals surface area contributed by atoms with Crippen molar-refractivity contribution in [2.45, 2.75) is 5.92 Å². The van der Waals surface area contributed by atoms with Gasteiger partial charge in [0.15, 0.2) is 28.7 Å². The first-order valence-corrected chi connectivity index (χ1v) is 11.8. The van der Waals surface area contributed by atoms with Crippen LogP contribution in [0.3, 0.4) is 0 Å². The monoisotopic (exact) mass is 506 g/mol. The van der Waals surface area contributed by atoms with Crippen LogP contribution in [0.5, 0.6) is 23.1 Å². The zero-order valence-corrected chi connectivity index (χ0v) is 19.4. The molecule has 0 fully saturated rings. The highest BCUT2D eigenvalue weighted by molar-refractivity contribution is 5.87. The molecule has 9 nitrogen and oxygen atoms in total. The first-order chi connectivity index (χ1) is 18.6. The lowest BCUT2D eigenvalue weighted by molar-refractivity contribution is 0.174. The maximum atomic E-state index is 13.9. The SMILES string of the molecule is O=c1oc2ccccc2c2c1C(c1ccc(F)cc1)c1c(ncn3nc(-c4ccc5c(c4)OCO5)nc13)O2. The summed E-state index contributed by atoms with van der Waals surface area (Å²) in [5, 5.41) is 5.25. The van der Waals surface area contributed by atoms with Gasteiger partial charge in [0.2, 0.25) is 12.7 Å². The van der Waals surface area contributed by atoms with Crippen molar-refractivity contribution in [3.8, 4) is 34.5 Å². The summed E-state index contributed by atoms with van der Waals surface area (Å²) < 4.78 is 38.3. The summed E-state index contributed by atoms with van der Waals surface area (Å²) in [6.07, 6.45) is 1.51. The molecule has 184 valence electrons. The fraction of sp³-hybridized carbons (Fsp3) is 0.0714. The quantitative estimate of drug-likeness (QED) is 0.300. The number of para-hydroxylation sites is 1. The van der Waals surface area contributed by atoms with Crippen molar-refractivity contribution in [2.75, 3.05) is 6.79 Å². The van der Waals surface area contributed by atoms with Crippen molar-refractivity contribution in [2.24, 2.45) is 0 Å². The van der Waals surface area contributed by atoms with Gasteiger partial charge < -0.3 is 18.6 Å². The zero-order valence-electron chi connectivity index (χ0n) is 19.4. The van der Waals surface area contributed by atoms with Crippen LogP contribution < -0.4 is 19.8 Å². The van der Waals surface area contributed by atoms with Crippen LogP contribution in [0.4, 0.5) is 4.39 Å². The Labute approximate surface area is 212 Å². The first kappa shape index (κ1) is 20.9. The third-order valence-corrected chi connectivity index (χ3v) is 6.80. The van der Waals surface area contributed by atoms with Gasteiger partial charge in [-0.3, -0.25) is 0 Å². The summed E-state index contributed by atoms with van der Waals surface area (Å²) >= 11 is 0. The Morgan fingerprint density at radius 1 is 0.947 bits per heavy atom. The largest absolute Gasteiger partial charge is 0.454 e.